The summed E-state index contributed by atoms with van der Waals surface area (Å²) < 4.78 is 16.0. The molecule has 0 saturated heterocycles. The van der Waals surface area contributed by atoms with Crippen LogP contribution >= 0.6 is 0 Å². The molecule has 2 aromatic carbocycles. The molecule has 2 heterocycles. The number of nitrogens with two attached hydrogens (primary N) is 1. The molecule has 0 aliphatic heterocycles. The van der Waals surface area contributed by atoms with E-state index in [1.165, 1.54) is 6.07 Å². The fourth-order valence-electron chi connectivity index (χ4n) is 2.99. The van der Waals surface area contributed by atoms with Gasteiger partial charge in [-0.05, 0) is 35.9 Å². The molecule has 0 atom stereocenters. The Bertz CT molecular complexity index is 1020. The van der Waals surface area contributed by atoms with E-state index in [1.807, 2.05) is 53.2 Å². The monoisotopic (exact) mass is 317 g/mol. The SMILES string of the molecule is Nc1cccc(-c2cn(Cc3ccccc3F)c3ncccc23)c1. The Balaban J connectivity index is 1.87. The molecule has 0 amide bonds. The first-order valence-corrected chi connectivity index (χ1v) is 7.75. The zero-order valence-corrected chi connectivity index (χ0v) is 13.0. The van der Waals surface area contributed by atoms with Gasteiger partial charge < -0.3 is 10.3 Å². The summed E-state index contributed by atoms with van der Waals surface area (Å²) in [5.41, 5.74) is 10.2. The van der Waals surface area contributed by atoms with Crippen molar-refractivity contribution in [3.05, 3.63) is 84.4 Å². The van der Waals surface area contributed by atoms with E-state index in [0.29, 0.717) is 17.8 Å². The number of aromatic nitrogens is 2. The number of pyridine rings is 1. The summed E-state index contributed by atoms with van der Waals surface area (Å²) in [6.07, 6.45) is 3.77. The van der Waals surface area contributed by atoms with E-state index in [9.17, 15) is 4.39 Å². The van der Waals surface area contributed by atoms with Crippen LogP contribution in [-0.2, 0) is 6.54 Å². The summed E-state index contributed by atoms with van der Waals surface area (Å²) in [5.74, 6) is -0.208. The lowest BCUT2D eigenvalue weighted by molar-refractivity contribution is 0.601. The number of benzene rings is 2. The molecule has 0 aliphatic rings. The number of nitrogen functional groups attached to an aromatic ring is 1. The van der Waals surface area contributed by atoms with Crippen molar-refractivity contribution in [1.29, 1.82) is 0 Å². The zero-order valence-electron chi connectivity index (χ0n) is 13.0. The Morgan fingerprint density at radius 3 is 2.71 bits per heavy atom. The van der Waals surface area contributed by atoms with Gasteiger partial charge >= 0.3 is 0 Å². The van der Waals surface area contributed by atoms with E-state index < -0.39 is 0 Å². The predicted octanol–water partition coefficient (Wildman–Crippen LogP) is 4.47. The van der Waals surface area contributed by atoms with Crippen molar-refractivity contribution in [3.63, 3.8) is 0 Å². The molecule has 2 N–H and O–H groups in total. The normalized spacial score (nSPS) is 11.0. The molecule has 0 unspecified atom stereocenters. The fraction of sp³-hybridized carbons (Fsp3) is 0.0500. The van der Waals surface area contributed by atoms with Gasteiger partial charge in [0.1, 0.15) is 11.5 Å². The first-order valence-electron chi connectivity index (χ1n) is 7.75. The summed E-state index contributed by atoms with van der Waals surface area (Å²) >= 11 is 0. The van der Waals surface area contributed by atoms with E-state index in [4.69, 9.17) is 5.73 Å². The fourth-order valence-corrected chi connectivity index (χ4v) is 2.99. The Morgan fingerprint density at radius 1 is 1.00 bits per heavy atom. The maximum absolute atomic E-state index is 14.0. The summed E-state index contributed by atoms with van der Waals surface area (Å²) in [7, 11) is 0. The largest absolute Gasteiger partial charge is 0.399 e. The second kappa shape index (κ2) is 5.81. The molecule has 118 valence electrons. The van der Waals surface area contributed by atoms with Gasteiger partial charge in [0.05, 0.1) is 6.54 Å². The quantitative estimate of drug-likeness (QED) is 0.566. The Morgan fingerprint density at radius 2 is 1.88 bits per heavy atom. The number of hydrogen-bond acceptors (Lipinski definition) is 2. The molecule has 4 aromatic rings. The number of fused-ring (bicyclic) bond motifs is 1. The third-order valence-corrected chi connectivity index (χ3v) is 4.13. The molecule has 4 rings (SSSR count). The van der Waals surface area contributed by atoms with E-state index in [-0.39, 0.29) is 5.82 Å². The molecule has 0 aliphatic carbocycles. The zero-order chi connectivity index (χ0) is 16.5. The highest BCUT2D eigenvalue weighted by atomic mass is 19.1. The van der Waals surface area contributed by atoms with Crippen LogP contribution in [0.15, 0.2) is 73.1 Å². The van der Waals surface area contributed by atoms with Crippen LogP contribution in [0.4, 0.5) is 10.1 Å². The van der Waals surface area contributed by atoms with Crippen molar-refractivity contribution in [2.24, 2.45) is 0 Å². The van der Waals surface area contributed by atoms with Crippen LogP contribution in [0.25, 0.3) is 22.2 Å². The first-order chi connectivity index (χ1) is 11.7. The molecule has 3 nitrogen and oxygen atoms in total. The molecule has 2 aromatic heterocycles. The molecular formula is C20H16FN3. The van der Waals surface area contributed by atoms with E-state index in [1.54, 1.807) is 18.3 Å². The summed E-state index contributed by atoms with van der Waals surface area (Å²) in [6.45, 7) is 0.433. The van der Waals surface area contributed by atoms with Crippen LogP contribution < -0.4 is 5.73 Å². The molecule has 0 saturated carbocycles. The average Bonchev–Trinajstić information content (AvgIpc) is 2.96. The van der Waals surface area contributed by atoms with Crippen molar-refractivity contribution >= 4 is 16.7 Å². The Kier molecular flexibility index (Phi) is 3.50. The highest BCUT2D eigenvalue weighted by Crippen LogP contribution is 2.31. The van der Waals surface area contributed by atoms with E-state index in [0.717, 1.165) is 22.2 Å². The number of halogens is 1. The van der Waals surface area contributed by atoms with Gasteiger partial charge in [0.15, 0.2) is 0 Å². The maximum Gasteiger partial charge on any atom is 0.140 e. The van der Waals surface area contributed by atoms with Gasteiger partial charge in [0.25, 0.3) is 0 Å². The summed E-state index contributed by atoms with van der Waals surface area (Å²) in [6, 6.07) is 18.5. The molecule has 0 radical (unpaired) electrons. The van der Waals surface area contributed by atoms with Crippen LogP contribution in [0.3, 0.4) is 0 Å². The molecular weight excluding hydrogens is 301 g/mol. The maximum atomic E-state index is 14.0. The number of nitrogens with zero attached hydrogens (tertiary/aromatic N) is 2. The number of rotatable bonds is 3. The van der Waals surface area contributed by atoms with Gasteiger partial charge in [-0.25, -0.2) is 9.37 Å². The Hall–Kier alpha value is -3.14. The van der Waals surface area contributed by atoms with Gasteiger partial charge in [-0.2, -0.15) is 0 Å². The minimum atomic E-state index is -0.208. The van der Waals surface area contributed by atoms with Gasteiger partial charge in [-0.3, -0.25) is 0 Å². The minimum Gasteiger partial charge on any atom is -0.399 e. The Labute approximate surface area is 139 Å². The standard InChI is InChI=1S/C20H16FN3/c21-19-9-2-1-5-15(19)12-24-13-18(14-6-3-7-16(22)11-14)17-8-4-10-23-20(17)24/h1-11,13H,12,22H2. The minimum absolute atomic E-state index is 0.208. The topological polar surface area (TPSA) is 43.8 Å². The molecule has 0 spiro atoms. The predicted molar refractivity (Wildman–Crippen MR) is 95.1 cm³/mol. The second-order valence-electron chi connectivity index (χ2n) is 5.76. The van der Waals surface area contributed by atoms with Gasteiger partial charge in [-0.1, -0.05) is 30.3 Å². The third kappa shape index (κ3) is 2.52. The number of anilines is 1. The second-order valence-corrected chi connectivity index (χ2v) is 5.76. The van der Waals surface area contributed by atoms with Crippen molar-refractivity contribution in [2.45, 2.75) is 6.54 Å². The highest BCUT2D eigenvalue weighted by Gasteiger charge is 2.12. The molecule has 0 fully saturated rings. The molecule has 0 bridgehead atoms. The average molecular weight is 317 g/mol. The van der Waals surface area contributed by atoms with Crippen molar-refractivity contribution in [1.82, 2.24) is 9.55 Å². The summed E-state index contributed by atoms with van der Waals surface area (Å²) in [5, 5.41) is 1.03. The molecule has 4 heteroatoms. The van der Waals surface area contributed by atoms with Gasteiger partial charge in [-0.15, -0.1) is 0 Å². The van der Waals surface area contributed by atoms with Gasteiger partial charge in [0.2, 0.25) is 0 Å². The van der Waals surface area contributed by atoms with Crippen molar-refractivity contribution in [3.8, 4) is 11.1 Å². The van der Waals surface area contributed by atoms with Crippen LogP contribution in [0.1, 0.15) is 5.56 Å². The lowest BCUT2D eigenvalue weighted by Crippen LogP contribution is -2.01. The van der Waals surface area contributed by atoms with Crippen molar-refractivity contribution < 1.29 is 4.39 Å². The number of hydrogen-bond donors (Lipinski definition) is 1. The van der Waals surface area contributed by atoms with Crippen molar-refractivity contribution in [2.75, 3.05) is 5.73 Å². The lowest BCUT2D eigenvalue weighted by Gasteiger charge is -2.05. The van der Waals surface area contributed by atoms with Gasteiger partial charge in [0, 0.05) is 34.6 Å². The molecule has 24 heavy (non-hydrogen) atoms. The van der Waals surface area contributed by atoms with E-state index >= 15 is 0 Å². The highest BCUT2D eigenvalue weighted by molar-refractivity contribution is 5.94. The smallest absolute Gasteiger partial charge is 0.140 e. The lowest BCUT2D eigenvalue weighted by atomic mass is 10.1. The van der Waals surface area contributed by atoms with E-state index in [2.05, 4.69) is 4.98 Å². The van der Waals surface area contributed by atoms with Crippen LogP contribution in [0.2, 0.25) is 0 Å². The first kappa shape index (κ1) is 14.5. The van der Waals surface area contributed by atoms with Crippen LogP contribution in [0.5, 0.6) is 0 Å². The summed E-state index contributed by atoms with van der Waals surface area (Å²) in [4.78, 5) is 4.48. The van der Waals surface area contributed by atoms with Crippen LogP contribution in [-0.4, -0.2) is 9.55 Å². The third-order valence-electron chi connectivity index (χ3n) is 4.13. The van der Waals surface area contributed by atoms with Crippen LogP contribution in [0, 0.1) is 5.82 Å².